The van der Waals surface area contributed by atoms with Crippen molar-refractivity contribution in [2.45, 2.75) is 83.8 Å². The number of aliphatic carboxylic acids is 1. The molecular formula is C23H37NO3. The number of carbonyl (C=O) groups is 1. The predicted octanol–water partition coefficient (Wildman–Crippen LogP) is 4.09. The quantitative estimate of drug-likeness (QED) is 0.727. The van der Waals surface area contributed by atoms with Gasteiger partial charge in [0.1, 0.15) is 0 Å². The molecule has 0 amide bonds. The minimum atomic E-state index is -0.692. The lowest BCUT2D eigenvalue weighted by Gasteiger charge is -2.58. The Morgan fingerprint density at radius 2 is 1.96 bits per heavy atom. The molecular weight excluding hydrogens is 338 g/mol. The van der Waals surface area contributed by atoms with Gasteiger partial charge in [-0.15, -0.1) is 0 Å². The van der Waals surface area contributed by atoms with E-state index in [1.807, 2.05) is 0 Å². The molecule has 0 aromatic carbocycles. The van der Waals surface area contributed by atoms with Gasteiger partial charge in [0.2, 0.25) is 0 Å². The van der Waals surface area contributed by atoms with E-state index in [1.54, 1.807) is 5.57 Å². The highest BCUT2D eigenvalue weighted by atomic mass is 16.4. The smallest absolute Gasteiger partial charge is 0.304 e. The molecule has 27 heavy (non-hydrogen) atoms. The maximum Gasteiger partial charge on any atom is 0.304 e. The molecule has 152 valence electrons. The Hall–Kier alpha value is -0.870. The van der Waals surface area contributed by atoms with Crippen molar-refractivity contribution in [3.05, 3.63) is 11.6 Å². The van der Waals surface area contributed by atoms with E-state index in [2.05, 4.69) is 31.9 Å². The van der Waals surface area contributed by atoms with Crippen molar-refractivity contribution in [1.82, 2.24) is 4.90 Å². The second-order valence-electron chi connectivity index (χ2n) is 10.4. The van der Waals surface area contributed by atoms with Gasteiger partial charge in [-0.2, -0.15) is 0 Å². The summed E-state index contributed by atoms with van der Waals surface area (Å²) in [6.07, 6.45) is 11.9. The number of carboxylic acids is 1. The second kappa shape index (κ2) is 6.88. The van der Waals surface area contributed by atoms with Gasteiger partial charge in [-0.1, -0.05) is 25.5 Å². The zero-order chi connectivity index (χ0) is 19.4. The van der Waals surface area contributed by atoms with Crippen LogP contribution in [0.25, 0.3) is 0 Å². The van der Waals surface area contributed by atoms with Gasteiger partial charge < -0.3 is 15.1 Å². The van der Waals surface area contributed by atoms with Crippen LogP contribution in [0.1, 0.15) is 71.6 Å². The maximum absolute atomic E-state index is 11.0. The SMILES string of the molecule is CN(CCC(=O)O)C1CCC2C3CC=C4CC(O)CCC4(C)C3CCC21C. The lowest BCUT2D eigenvalue weighted by molar-refractivity contribution is -0.137. The third kappa shape index (κ3) is 3.07. The van der Waals surface area contributed by atoms with Crippen LogP contribution >= 0.6 is 0 Å². The highest BCUT2D eigenvalue weighted by Gasteiger charge is 2.59. The lowest BCUT2D eigenvalue weighted by atomic mass is 9.48. The number of hydrogen-bond acceptors (Lipinski definition) is 3. The minimum Gasteiger partial charge on any atom is -0.481 e. The van der Waals surface area contributed by atoms with E-state index in [0.29, 0.717) is 23.4 Å². The Labute approximate surface area is 164 Å². The molecule has 0 aliphatic heterocycles. The molecule has 4 aliphatic carbocycles. The molecule has 3 saturated carbocycles. The van der Waals surface area contributed by atoms with E-state index in [0.717, 1.165) is 37.0 Å². The van der Waals surface area contributed by atoms with Crippen LogP contribution in [0.4, 0.5) is 0 Å². The van der Waals surface area contributed by atoms with E-state index in [1.165, 1.54) is 32.1 Å². The Morgan fingerprint density at radius 3 is 2.70 bits per heavy atom. The Bertz CT molecular complexity index is 631. The minimum absolute atomic E-state index is 0.131. The molecule has 0 spiro atoms. The first kappa shape index (κ1) is 19.4. The average molecular weight is 376 g/mol. The summed E-state index contributed by atoms with van der Waals surface area (Å²) in [5.41, 5.74) is 2.17. The van der Waals surface area contributed by atoms with Crippen molar-refractivity contribution >= 4 is 5.97 Å². The molecule has 7 atom stereocenters. The molecule has 2 N–H and O–H groups in total. The molecule has 0 saturated heterocycles. The number of aliphatic hydroxyl groups excluding tert-OH is 1. The molecule has 4 heteroatoms. The number of allylic oxidation sites excluding steroid dienone is 1. The summed E-state index contributed by atoms with van der Waals surface area (Å²) in [7, 11) is 2.13. The van der Waals surface area contributed by atoms with Gasteiger partial charge in [0.25, 0.3) is 0 Å². The Kier molecular flexibility index (Phi) is 4.95. The molecule has 4 nitrogen and oxygen atoms in total. The number of rotatable bonds is 4. The summed E-state index contributed by atoms with van der Waals surface area (Å²) in [5, 5.41) is 19.2. The predicted molar refractivity (Wildman–Crippen MR) is 106 cm³/mol. The van der Waals surface area contributed by atoms with Crippen LogP contribution in [0.5, 0.6) is 0 Å². The van der Waals surface area contributed by atoms with Crippen LogP contribution in [0.2, 0.25) is 0 Å². The lowest BCUT2D eigenvalue weighted by Crippen LogP contribution is -2.53. The van der Waals surface area contributed by atoms with Gasteiger partial charge in [-0.25, -0.2) is 0 Å². The van der Waals surface area contributed by atoms with E-state index in [9.17, 15) is 9.90 Å². The molecule has 4 rings (SSSR count). The summed E-state index contributed by atoms with van der Waals surface area (Å²) in [5.74, 6) is 1.61. The van der Waals surface area contributed by atoms with E-state index < -0.39 is 5.97 Å². The van der Waals surface area contributed by atoms with Crippen molar-refractivity contribution < 1.29 is 15.0 Å². The topological polar surface area (TPSA) is 60.8 Å². The van der Waals surface area contributed by atoms with Crippen LogP contribution in [0.15, 0.2) is 11.6 Å². The molecule has 0 aromatic rings. The maximum atomic E-state index is 11.0. The summed E-state index contributed by atoms with van der Waals surface area (Å²) in [4.78, 5) is 13.4. The van der Waals surface area contributed by atoms with Crippen molar-refractivity contribution in [3.63, 3.8) is 0 Å². The first-order valence-electron chi connectivity index (χ1n) is 11.1. The summed E-state index contributed by atoms with van der Waals surface area (Å²) in [6, 6.07) is 0.522. The van der Waals surface area contributed by atoms with Gasteiger partial charge >= 0.3 is 5.97 Å². The average Bonchev–Trinajstić information content (AvgIpc) is 2.97. The van der Waals surface area contributed by atoms with E-state index in [4.69, 9.17) is 5.11 Å². The standard InChI is InChI=1S/C23H37NO3/c1-22-11-8-16(25)14-15(22)4-5-17-18-6-7-20(24(3)13-10-21(26)27)23(18,2)12-9-19(17)22/h4,16-20,25H,5-14H2,1-3H3,(H,26,27). The summed E-state index contributed by atoms with van der Waals surface area (Å²) >= 11 is 0. The van der Waals surface area contributed by atoms with Crippen molar-refractivity contribution in [1.29, 1.82) is 0 Å². The zero-order valence-corrected chi connectivity index (χ0v) is 17.3. The number of nitrogens with zero attached hydrogens (tertiary/aromatic N) is 1. The first-order valence-corrected chi connectivity index (χ1v) is 11.1. The number of carboxylic acid groups (broad SMARTS) is 1. The summed E-state index contributed by atoms with van der Waals surface area (Å²) < 4.78 is 0. The molecule has 7 unspecified atom stereocenters. The molecule has 0 bridgehead atoms. The van der Waals surface area contributed by atoms with Crippen molar-refractivity contribution in [3.8, 4) is 0 Å². The van der Waals surface area contributed by atoms with Crippen molar-refractivity contribution in [2.24, 2.45) is 28.6 Å². The van der Waals surface area contributed by atoms with Crippen LogP contribution in [0, 0.1) is 28.6 Å². The van der Waals surface area contributed by atoms with Crippen LogP contribution in [-0.2, 0) is 4.79 Å². The van der Waals surface area contributed by atoms with Gasteiger partial charge in [-0.05, 0) is 87.0 Å². The van der Waals surface area contributed by atoms with Gasteiger partial charge in [0.05, 0.1) is 12.5 Å². The van der Waals surface area contributed by atoms with Crippen LogP contribution in [-0.4, -0.2) is 46.8 Å². The van der Waals surface area contributed by atoms with Crippen molar-refractivity contribution in [2.75, 3.05) is 13.6 Å². The van der Waals surface area contributed by atoms with Gasteiger partial charge in [0, 0.05) is 12.6 Å². The largest absolute Gasteiger partial charge is 0.481 e. The van der Waals surface area contributed by atoms with E-state index >= 15 is 0 Å². The molecule has 4 aliphatic rings. The Morgan fingerprint density at radius 1 is 1.19 bits per heavy atom. The zero-order valence-electron chi connectivity index (χ0n) is 17.3. The van der Waals surface area contributed by atoms with Crippen LogP contribution < -0.4 is 0 Å². The van der Waals surface area contributed by atoms with E-state index in [-0.39, 0.29) is 12.5 Å². The third-order valence-corrected chi connectivity index (χ3v) is 9.24. The monoisotopic (exact) mass is 375 g/mol. The fraction of sp³-hybridized carbons (Fsp3) is 0.870. The molecule has 0 aromatic heterocycles. The second-order valence-corrected chi connectivity index (χ2v) is 10.4. The van der Waals surface area contributed by atoms with Gasteiger partial charge in [0.15, 0.2) is 0 Å². The fourth-order valence-corrected chi connectivity index (χ4v) is 7.77. The normalized spacial score (nSPS) is 46.4. The first-order chi connectivity index (χ1) is 12.8. The third-order valence-electron chi connectivity index (χ3n) is 9.24. The number of hydrogen-bond donors (Lipinski definition) is 2. The fourth-order valence-electron chi connectivity index (χ4n) is 7.77. The van der Waals surface area contributed by atoms with Crippen LogP contribution in [0.3, 0.4) is 0 Å². The number of aliphatic hydroxyl groups is 1. The summed E-state index contributed by atoms with van der Waals surface area (Å²) in [6.45, 7) is 5.64. The number of fused-ring (bicyclic) bond motifs is 5. The Balaban J connectivity index is 1.54. The van der Waals surface area contributed by atoms with Gasteiger partial charge in [-0.3, -0.25) is 4.79 Å². The highest BCUT2D eigenvalue weighted by molar-refractivity contribution is 5.66. The molecule has 0 radical (unpaired) electrons. The molecule has 3 fully saturated rings. The molecule has 0 heterocycles. The highest BCUT2D eigenvalue weighted by Crippen LogP contribution is 2.65.